The number of likely N-dealkylation sites (tertiary alicyclic amines) is 1. The van der Waals surface area contributed by atoms with Gasteiger partial charge in [0, 0.05) is 12.6 Å². The second kappa shape index (κ2) is 7.43. The molecule has 1 saturated heterocycles. The lowest BCUT2D eigenvalue weighted by Crippen LogP contribution is -2.47. The Bertz CT molecular complexity index is 308. The van der Waals surface area contributed by atoms with E-state index in [1.54, 1.807) is 0 Å². The monoisotopic (exact) mass is 296 g/mol. The molecular formula is C18H36N2O. The van der Waals surface area contributed by atoms with Gasteiger partial charge in [-0.2, -0.15) is 0 Å². The van der Waals surface area contributed by atoms with Crippen LogP contribution < -0.4 is 5.32 Å². The molecule has 124 valence electrons. The Morgan fingerprint density at radius 1 is 1.24 bits per heavy atom. The van der Waals surface area contributed by atoms with Crippen LogP contribution in [0.25, 0.3) is 0 Å². The number of piperidine rings is 1. The van der Waals surface area contributed by atoms with Crippen molar-refractivity contribution in [2.75, 3.05) is 26.2 Å². The summed E-state index contributed by atoms with van der Waals surface area (Å²) in [6.45, 7) is 13.8. The average Bonchev–Trinajstić information content (AvgIpc) is 2.72. The second-order valence-corrected chi connectivity index (χ2v) is 8.10. The van der Waals surface area contributed by atoms with Gasteiger partial charge in [-0.05, 0) is 75.9 Å². The van der Waals surface area contributed by atoms with Gasteiger partial charge in [0.05, 0.1) is 6.10 Å². The fourth-order valence-corrected chi connectivity index (χ4v) is 4.41. The zero-order valence-electron chi connectivity index (χ0n) is 14.6. The van der Waals surface area contributed by atoms with E-state index in [1.807, 2.05) is 6.92 Å². The van der Waals surface area contributed by atoms with Crippen LogP contribution in [0.1, 0.15) is 59.8 Å². The van der Waals surface area contributed by atoms with Gasteiger partial charge in [-0.3, -0.25) is 0 Å². The summed E-state index contributed by atoms with van der Waals surface area (Å²) in [7, 11) is 0. The van der Waals surface area contributed by atoms with E-state index in [0.717, 1.165) is 12.5 Å². The molecule has 1 aliphatic heterocycles. The van der Waals surface area contributed by atoms with Crippen LogP contribution in [-0.4, -0.2) is 48.3 Å². The summed E-state index contributed by atoms with van der Waals surface area (Å²) in [5.74, 6) is 1.32. The van der Waals surface area contributed by atoms with Crippen molar-refractivity contribution in [2.24, 2.45) is 17.3 Å². The topological polar surface area (TPSA) is 35.5 Å². The molecule has 0 aromatic carbocycles. The Morgan fingerprint density at radius 3 is 2.48 bits per heavy atom. The Hall–Kier alpha value is -0.120. The van der Waals surface area contributed by atoms with Crippen LogP contribution in [-0.2, 0) is 0 Å². The van der Waals surface area contributed by atoms with Crippen molar-refractivity contribution in [1.82, 2.24) is 10.2 Å². The van der Waals surface area contributed by atoms with Crippen LogP contribution in [0.5, 0.6) is 0 Å². The Labute approximate surface area is 131 Å². The van der Waals surface area contributed by atoms with Gasteiger partial charge in [0.2, 0.25) is 0 Å². The molecule has 3 heteroatoms. The maximum Gasteiger partial charge on any atom is 0.0541 e. The number of aliphatic hydroxyl groups excluding tert-OH is 1. The molecule has 1 saturated carbocycles. The second-order valence-electron chi connectivity index (χ2n) is 8.10. The molecule has 3 atom stereocenters. The third-order valence-corrected chi connectivity index (χ3v) is 5.89. The summed E-state index contributed by atoms with van der Waals surface area (Å²) in [6, 6.07) is 0.673. The average molecular weight is 296 g/mol. The van der Waals surface area contributed by atoms with Crippen molar-refractivity contribution in [2.45, 2.75) is 71.9 Å². The lowest BCUT2D eigenvalue weighted by atomic mass is 9.84. The largest absolute Gasteiger partial charge is 0.393 e. The molecule has 0 amide bonds. The predicted octanol–water partition coefficient (Wildman–Crippen LogP) is 2.88. The van der Waals surface area contributed by atoms with E-state index in [2.05, 4.69) is 31.0 Å². The summed E-state index contributed by atoms with van der Waals surface area (Å²) in [5, 5.41) is 13.5. The first-order chi connectivity index (χ1) is 9.94. The molecule has 21 heavy (non-hydrogen) atoms. The van der Waals surface area contributed by atoms with Gasteiger partial charge in [0.25, 0.3) is 0 Å². The van der Waals surface area contributed by atoms with Crippen molar-refractivity contribution < 1.29 is 5.11 Å². The molecule has 0 radical (unpaired) electrons. The maximum atomic E-state index is 9.73. The van der Waals surface area contributed by atoms with E-state index in [9.17, 15) is 5.11 Å². The molecule has 0 aromatic rings. The maximum absolute atomic E-state index is 9.73. The molecule has 0 bridgehead atoms. The van der Waals surface area contributed by atoms with Crippen molar-refractivity contribution in [3.63, 3.8) is 0 Å². The van der Waals surface area contributed by atoms with Crippen LogP contribution >= 0.6 is 0 Å². The van der Waals surface area contributed by atoms with Crippen LogP contribution in [0.15, 0.2) is 0 Å². The molecule has 2 N–H and O–H groups in total. The summed E-state index contributed by atoms with van der Waals surface area (Å²) in [6.07, 6.45) is 6.14. The minimum atomic E-state index is -0.128. The molecule has 0 aromatic heterocycles. The molecule has 0 spiro atoms. The number of hydrogen-bond acceptors (Lipinski definition) is 3. The molecule has 3 nitrogen and oxygen atoms in total. The smallest absolute Gasteiger partial charge is 0.0541 e. The highest BCUT2D eigenvalue weighted by Gasteiger charge is 2.42. The number of nitrogens with one attached hydrogen (secondary N) is 1. The SMILES string of the molecule is CCCNC1C(CN2CCC(C(C)O)CC2)CCC1(C)C. The van der Waals surface area contributed by atoms with Gasteiger partial charge < -0.3 is 15.3 Å². The molecule has 2 fully saturated rings. The summed E-state index contributed by atoms with van der Waals surface area (Å²) >= 11 is 0. The quantitative estimate of drug-likeness (QED) is 0.791. The molecule has 2 aliphatic rings. The van der Waals surface area contributed by atoms with Crippen molar-refractivity contribution in [3.05, 3.63) is 0 Å². The van der Waals surface area contributed by atoms with E-state index in [4.69, 9.17) is 0 Å². The van der Waals surface area contributed by atoms with Gasteiger partial charge in [0.15, 0.2) is 0 Å². The van der Waals surface area contributed by atoms with Gasteiger partial charge in [-0.15, -0.1) is 0 Å². The summed E-state index contributed by atoms with van der Waals surface area (Å²) < 4.78 is 0. The molecule has 3 unspecified atom stereocenters. The van der Waals surface area contributed by atoms with Crippen molar-refractivity contribution >= 4 is 0 Å². The predicted molar refractivity (Wildman–Crippen MR) is 89.4 cm³/mol. The first-order valence-corrected chi connectivity index (χ1v) is 9.08. The van der Waals surface area contributed by atoms with Crippen LogP contribution in [0.3, 0.4) is 0 Å². The van der Waals surface area contributed by atoms with Crippen LogP contribution in [0, 0.1) is 17.3 Å². The van der Waals surface area contributed by atoms with Gasteiger partial charge in [-0.25, -0.2) is 0 Å². The van der Waals surface area contributed by atoms with E-state index in [1.165, 1.54) is 51.7 Å². The standard InChI is InChI=1S/C18H36N2O/c1-5-10-19-17-16(6-9-18(17,3)4)13-20-11-7-15(8-12-20)14(2)21/h14-17,19,21H,5-13H2,1-4H3. The van der Waals surface area contributed by atoms with E-state index < -0.39 is 0 Å². The van der Waals surface area contributed by atoms with Gasteiger partial charge in [-0.1, -0.05) is 20.8 Å². The zero-order valence-corrected chi connectivity index (χ0v) is 14.6. The van der Waals surface area contributed by atoms with E-state index in [0.29, 0.717) is 17.4 Å². The molecule has 1 aliphatic carbocycles. The molecule has 1 heterocycles. The Morgan fingerprint density at radius 2 is 1.90 bits per heavy atom. The van der Waals surface area contributed by atoms with Crippen molar-refractivity contribution in [1.29, 1.82) is 0 Å². The Balaban J connectivity index is 1.84. The van der Waals surface area contributed by atoms with Crippen LogP contribution in [0.4, 0.5) is 0 Å². The highest BCUT2D eigenvalue weighted by Crippen LogP contribution is 2.42. The fraction of sp³-hybridized carbons (Fsp3) is 1.00. The first kappa shape index (κ1) is 17.2. The highest BCUT2D eigenvalue weighted by atomic mass is 16.3. The lowest BCUT2D eigenvalue weighted by Gasteiger charge is -2.38. The Kier molecular flexibility index (Phi) is 6.10. The third-order valence-electron chi connectivity index (χ3n) is 5.89. The number of nitrogens with zero attached hydrogens (tertiary/aromatic N) is 1. The van der Waals surface area contributed by atoms with Crippen molar-refractivity contribution in [3.8, 4) is 0 Å². The fourth-order valence-electron chi connectivity index (χ4n) is 4.41. The molecule has 2 rings (SSSR count). The highest BCUT2D eigenvalue weighted by molar-refractivity contribution is 4.97. The minimum Gasteiger partial charge on any atom is -0.393 e. The van der Waals surface area contributed by atoms with Gasteiger partial charge in [0.1, 0.15) is 0 Å². The normalized spacial score (nSPS) is 32.4. The number of aliphatic hydroxyl groups is 1. The minimum absolute atomic E-state index is 0.128. The summed E-state index contributed by atoms with van der Waals surface area (Å²) in [5.41, 5.74) is 0.442. The summed E-state index contributed by atoms with van der Waals surface area (Å²) in [4.78, 5) is 2.64. The molecular weight excluding hydrogens is 260 g/mol. The van der Waals surface area contributed by atoms with E-state index in [-0.39, 0.29) is 6.10 Å². The zero-order chi connectivity index (χ0) is 15.5. The first-order valence-electron chi connectivity index (χ1n) is 9.08. The van der Waals surface area contributed by atoms with Crippen LogP contribution in [0.2, 0.25) is 0 Å². The number of hydrogen-bond donors (Lipinski definition) is 2. The number of rotatable bonds is 6. The van der Waals surface area contributed by atoms with E-state index >= 15 is 0 Å². The lowest BCUT2D eigenvalue weighted by molar-refractivity contribution is 0.0634. The third kappa shape index (κ3) is 4.43. The van der Waals surface area contributed by atoms with Gasteiger partial charge >= 0.3 is 0 Å².